The Bertz CT molecular complexity index is 309. The van der Waals surface area contributed by atoms with Crippen LogP contribution < -0.4 is 4.72 Å². The summed E-state index contributed by atoms with van der Waals surface area (Å²) in [5, 5.41) is 8.26. The van der Waals surface area contributed by atoms with Crippen molar-refractivity contribution in [3.8, 4) is 6.07 Å². The number of nitrogens with zero attached hydrogens (tertiary/aromatic N) is 1. The largest absolute Gasteiger partial charge is 0.225 e. The van der Waals surface area contributed by atoms with Crippen molar-refractivity contribution in [2.45, 2.75) is 27.7 Å². The second-order valence-electron chi connectivity index (χ2n) is 4.53. The van der Waals surface area contributed by atoms with Gasteiger partial charge in [-0.3, -0.25) is 0 Å². The van der Waals surface area contributed by atoms with E-state index in [0.29, 0.717) is 6.54 Å². The van der Waals surface area contributed by atoms with Crippen molar-refractivity contribution in [3.63, 3.8) is 0 Å². The first kappa shape index (κ1) is 13.4. The Morgan fingerprint density at radius 2 is 1.93 bits per heavy atom. The molecule has 0 saturated carbocycles. The van der Waals surface area contributed by atoms with Gasteiger partial charge < -0.3 is 0 Å². The van der Waals surface area contributed by atoms with E-state index in [1.807, 2.05) is 6.92 Å². The average molecular weight is 218 g/mol. The van der Waals surface area contributed by atoms with Gasteiger partial charge >= 0.3 is 0 Å². The van der Waals surface area contributed by atoms with Crippen molar-refractivity contribution in [3.05, 3.63) is 0 Å². The minimum Gasteiger partial charge on any atom is -0.214 e. The van der Waals surface area contributed by atoms with Crippen molar-refractivity contribution in [1.82, 2.24) is 4.72 Å². The third-order valence-corrected chi connectivity index (χ3v) is 3.46. The van der Waals surface area contributed by atoms with E-state index >= 15 is 0 Å². The molecule has 0 rings (SSSR count). The lowest BCUT2D eigenvalue weighted by Gasteiger charge is -2.27. The minimum absolute atomic E-state index is 0.0646. The lowest BCUT2D eigenvalue weighted by Crippen LogP contribution is -2.34. The summed E-state index contributed by atoms with van der Waals surface area (Å²) < 4.78 is 24.7. The monoisotopic (exact) mass is 218 g/mol. The summed E-state index contributed by atoms with van der Waals surface area (Å²) in [7, 11) is -3.40. The third-order valence-electron chi connectivity index (χ3n) is 2.34. The highest BCUT2D eigenvalue weighted by Crippen LogP contribution is 2.24. The third kappa shape index (κ3) is 5.20. The summed E-state index contributed by atoms with van der Waals surface area (Å²) in [6, 6.07) is 1.62. The second kappa shape index (κ2) is 4.76. The normalized spacial score (nSPS) is 14.8. The average Bonchev–Trinajstić information content (AvgIpc) is 1.98. The van der Waals surface area contributed by atoms with Crippen LogP contribution in [0.1, 0.15) is 27.7 Å². The fraction of sp³-hybridized carbons (Fsp3) is 0.889. The molecular weight excluding hydrogens is 200 g/mol. The molecule has 0 aromatic carbocycles. The molecule has 0 aromatic heterocycles. The highest BCUT2D eigenvalue weighted by atomic mass is 32.2. The van der Waals surface area contributed by atoms with Crippen molar-refractivity contribution in [2.75, 3.05) is 12.3 Å². The molecule has 1 atom stereocenters. The Morgan fingerprint density at radius 3 is 2.29 bits per heavy atom. The molecule has 0 aliphatic rings. The molecule has 0 spiro atoms. The predicted molar refractivity (Wildman–Crippen MR) is 56.0 cm³/mol. The van der Waals surface area contributed by atoms with E-state index in [2.05, 4.69) is 25.5 Å². The number of hydrogen-bond acceptors (Lipinski definition) is 3. The summed E-state index contributed by atoms with van der Waals surface area (Å²) in [6.07, 6.45) is 0. The molecule has 0 aliphatic heterocycles. The molecule has 1 N–H and O–H groups in total. The second-order valence-corrected chi connectivity index (χ2v) is 6.34. The molecule has 5 heteroatoms. The topological polar surface area (TPSA) is 70.0 Å². The first-order valence-corrected chi connectivity index (χ1v) is 6.18. The van der Waals surface area contributed by atoms with Gasteiger partial charge in [0.15, 0.2) is 5.75 Å². The Hall–Kier alpha value is -0.600. The van der Waals surface area contributed by atoms with Gasteiger partial charge in [0.1, 0.15) is 0 Å². The summed E-state index contributed by atoms with van der Waals surface area (Å²) in [5.74, 6) is -0.236. The summed E-state index contributed by atoms with van der Waals surface area (Å²) in [5.41, 5.74) is 0.0646. The number of sulfonamides is 1. The van der Waals surface area contributed by atoms with Gasteiger partial charge in [0.2, 0.25) is 10.0 Å². The zero-order chi connectivity index (χ0) is 11.4. The first-order valence-electron chi connectivity index (χ1n) is 4.53. The van der Waals surface area contributed by atoms with Crippen LogP contribution >= 0.6 is 0 Å². The zero-order valence-corrected chi connectivity index (χ0v) is 9.98. The summed E-state index contributed by atoms with van der Waals surface area (Å²) in [6.45, 7) is 8.52. The smallest absolute Gasteiger partial charge is 0.214 e. The summed E-state index contributed by atoms with van der Waals surface area (Å²) in [4.78, 5) is 0. The van der Waals surface area contributed by atoms with Gasteiger partial charge in [-0.2, -0.15) is 5.26 Å². The van der Waals surface area contributed by atoms with Crippen LogP contribution in [0.15, 0.2) is 0 Å². The van der Waals surface area contributed by atoms with Gasteiger partial charge in [0.05, 0.1) is 6.07 Å². The van der Waals surface area contributed by atoms with Gasteiger partial charge in [0.25, 0.3) is 0 Å². The fourth-order valence-electron chi connectivity index (χ4n) is 0.694. The molecule has 0 heterocycles. The van der Waals surface area contributed by atoms with E-state index in [1.165, 1.54) is 0 Å². The molecule has 0 amide bonds. The van der Waals surface area contributed by atoms with Crippen LogP contribution in [-0.4, -0.2) is 20.7 Å². The minimum atomic E-state index is -3.40. The van der Waals surface area contributed by atoms with Gasteiger partial charge in [-0.25, -0.2) is 13.1 Å². The highest BCUT2D eigenvalue weighted by molar-refractivity contribution is 7.89. The van der Waals surface area contributed by atoms with E-state index in [9.17, 15) is 8.42 Å². The SMILES string of the molecule is CC(CNS(=O)(=O)CC#N)C(C)(C)C. The molecule has 0 aliphatic carbocycles. The Balaban J connectivity index is 4.15. The lowest BCUT2D eigenvalue weighted by atomic mass is 9.82. The number of hydrogen-bond donors (Lipinski definition) is 1. The van der Waals surface area contributed by atoms with Gasteiger partial charge in [-0.15, -0.1) is 0 Å². The van der Waals surface area contributed by atoms with Gasteiger partial charge in [0, 0.05) is 6.54 Å². The number of rotatable bonds is 4. The van der Waals surface area contributed by atoms with E-state index in [-0.39, 0.29) is 11.3 Å². The number of nitriles is 1. The van der Waals surface area contributed by atoms with Crippen LogP contribution in [0.2, 0.25) is 0 Å². The summed E-state index contributed by atoms with van der Waals surface area (Å²) >= 11 is 0. The van der Waals surface area contributed by atoms with Crippen LogP contribution in [-0.2, 0) is 10.0 Å². The van der Waals surface area contributed by atoms with Crippen LogP contribution in [0.25, 0.3) is 0 Å². The number of nitrogens with one attached hydrogen (secondary N) is 1. The van der Waals surface area contributed by atoms with Crippen molar-refractivity contribution in [1.29, 1.82) is 5.26 Å². The Kier molecular flexibility index (Phi) is 4.56. The maximum absolute atomic E-state index is 11.1. The van der Waals surface area contributed by atoms with E-state index in [1.54, 1.807) is 6.07 Å². The molecular formula is C9H18N2O2S. The molecule has 1 unspecified atom stereocenters. The van der Waals surface area contributed by atoms with E-state index in [0.717, 1.165) is 0 Å². The fourth-order valence-corrected chi connectivity index (χ4v) is 1.47. The highest BCUT2D eigenvalue weighted by Gasteiger charge is 2.21. The maximum Gasteiger partial charge on any atom is 0.225 e. The Morgan fingerprint density at radius 1 is 1.43 bits per heavy atom. The zero-order valence-electron chi connectivity index (χ0n) is 9.16. The molecule has 0 radical (unpaired) electrons. The molecule has 0 aromatic rings. The molecule has 0 fully saturated rings. The van der Waals surface area contributed by atoms with E-state index in [4.69, 9.17) is 5.26 Å². The maximum atomic E-state index is 11.1. The quantitative estimate of drug-likeness (QED) is 0.768. The van der Waals surface area contributed by atoms with Crippen LogP contribution in [0.5, 0.6) is 0 Å². The van der Waals surface area contributed by atoms with E-state index < -0.39 is 15.8 Å². The van der Waals surface area contributed by atoms with Crippen molar-refractivity contribution in [2.24, 2.45) is 11.3 Å². The van der Waals surface area contributed by atoms with Crippen LogP contribution in [0, 0.1) is 22.7 Å². The van der Waals surface area contributed by atoms with Crippen LogP contribution in [0.4, 0.5) is 0 Å². The van der Waals surface area contributed by atoms with Crippen LogP contribution in [0.3, 0.4) is 0 Å². The first-order chi connectivity index (χ1) is 6.19. The van der Waals surface area contributed by atoms with Crippen molar-refractivity contribution >= 4 is 10.0 Å². The molecule has 14 heavy (non-hydrogen) atoms. The Labute approximate surface area is 86.4 Å². The van der Waals surface area contributed by atoms with Crippen molar-refractivity contribution < 1.29 is 8.42 Å². The molecule has 0 bridgehead atoms. The molecule has 82 valence electrons. The van der Waals surface area contributed by atoms with Gasteiger partial charge in [-0.05, 0) is 11.3 Å². The standard InChI is InChI=1S/C9H18N2O2S/c1-8(9(2,3)4)7-11-14(12,13)6-5-10/h8,11H,6-7H2,1-4H3. The molecule has 4 nitrogen and oxygen atoms in total. The predicted octanol–water partition coefficient (Wildman–Crippen LogP) is 1.11. The lowest BCUT2D eigenvalue weighted by molar-refractivity contribution is 0.263. The van der Waals surface area contributed by atoms with Gasteiger partial charge in [-0.1, -0.05) is 27.7 Å². The molecule has 0 saturated heterocycles.